The molecule has 0 bridgehead atoms. The highest BCUT2D eigenvalue weighted by Gasteiger charge is 2.21. The minimum absolute atomic E-state index is 0.690. The van der Waals surface area contributed by atoms with E-state index in [1.807, 2.05) is 19.1 Å². The lowest BCUT2D eigenvalue weighted by molar-refractivity contribution is 0.304. The molecule has 0 saturated heterocycles. The Labute approximate surface area is 200 Å². The number of benzene rings is 3. The Bertz CT molecular complexity index is 1040. The van der Waals surface area contributed by atoms with Gasteiger partial charge < -0.3 is 4.74 Å². The summed E-state index contributed by atoms with van der Waals surface area (Å²) in [5.74, 6) is 9.27. The van der Waals surface area contributed by atoms with Crippen molar-refractivity contribution < 1.29 is 4.74 Å². The van der Waals surface area contributed by atoms with Gasteiger partial charge in [0.25, 0.3) is 0 Å². The van der Waals surface area contributed by atoms with E-state index in [0.717, 1.165) is 28.7 Å². The van der Waals surface area contributed by atoms with Gasteiger partial charge in [0, 0.05) is 11.1 Å². The van der Waals surface area contributed by atoms with Crippen LogP contribution < -0.4 is 4.74 Å². The third kappa shape index (κ3) is 6.52. The molecule has 0 radical (unpaired) electrons. The molecule has 0 aliphatic heterocycles. The molecule has 0 unspecified atom stereocenters. The summed E-state index contributed by atoms with van der Waals surface area (Å²) in [5.41, 5.74) is 6.00. The fourth-order valence-corrected chi connectivity index (χ4v) is 4.92. The highest BCUT2D eigenvalue weighted by atomic mass is 16.5. The molecule has 4 rings (SSSR count). The zero-order valence-corrected chi connectivity index (χ0v) is 20.1. The van der Waals surface area contributed by atoms with Crippen molar-refractivity contribution in [2.24, 2.45) is 5.92 Å². The molecule has 0 amide bonds. The van der Waals surface area contributed by atoms with Gasteiger partial charge in [0.1, 0.15) is 5.75 Å². The minimum atomic E-state index is 0.690. The van der Waals surface area contributed by atoms with Gasteiger partial charge in [-0.15, -0.1) is 0 Å². The topological polar surface area (TPSA) is 9.23 Å². The highest BCUT2D eigenvalue weighted by Crippen LogP contribution is 2.37. The lowest BCUT2D eigenvalue weighted by Crippen LogP contribution is -2.13. The van der Waals surface area contributed by atoms with E-state index in [-0.39, 0.29) is 0 Å². The number of ether oxygens (including phenoxy) is 1. The van der Waals surface area contributed by atoms with E-state index in [2.05, 4.69) is 79.4 Å². The highest BCUT2D eigenvalue weighted by molar-refractivity contribution is 5.65. The van der Waals surface area contributed by atoms with Gasteiger partial charge in [0.05, 0.1) is 6.61 Å². The van der Waals surface area contributed by atoms with Crippen LogP contribution in [0.25, 0.3) is 11.1 Å². The molecule has 1 nitrogen and oxygen atoms in total. The van der Waals surface area contributed by atoms with Crippen LogP contribution in [0.2, 0.25) is 0 Å². The second-order valence-electron chi connectivity index (χ2n) is 9.27. The molecule has 3 aromatic rings. The minimum Gasteiger partial charge on any atom is -0.494 e. The van der Waals surface area contributed by atoms with Gasteiger partial charge in [-0.1, -0.05) is 74.4 Å². The molecule has 1 saturated carbocycles. The summed E-state index contributed by atoms with van der Waals surface area (Å²) in [6.45, 7) is 4.99. The summed E-state index contributed by atoms with van der Waals surface area (Å²) < 4.78 is 5.53. The summed E-state index contributed by atoms with van der Waals surface area (Å²) in [6, 6.07) is 25.7. The summed E-state index contributed by atoms with van der Waals surface area (Å²) in [7, 11) is 0. The van der Waals surface area contributed by atoms with Gasteiger partial charge >= 0.3 is 0 Å². The molecule has 0 N–H and O–H groups in total. The fraction of sp³-hybridized carbons (Fsp3) is 0.375. The lowest BCUT2D eigenvalue weighted by Gasteiger charge is -2.28. The Morgan fingerprint density at radius 1 is 0.697 bits per heavy atom. The second-order valence-corrected chi connectivity index (χ2v) is 9.27. The van der Waals surface area contributed by atoms with E-state index < -0.39 is 0 Å². The van der Waals surface area contributed by atoms with Gasteiger partial charge in [-0.25, -0.2) is 0 Å². The molecule has 0 aromatic heterocycles. The van der Waals surface area contributed by atoms with Crippen molar-refractivity contribution in [2.45, 2.75) is 64.7 Å². The van der Waals surface area contributed by atoms with E-state index in [9.17, 15) is 0 Å². The van der Waals surface area contributed by atoms with Crippen LogP contribution in [0.3, 0.4) is 0 Å². The number of hydrogen-bond donors (Lipinski definition) is 0. The Kier molecular flexibility index (Phi) is 8.26. The molecule has 0 heterocycles. The molecular weight excluding hydrogens is 400 g/mol. The van der Waals surface area contributed by atoms with Crippen molar-refractivity contribution in [3.8, 4) is 28.7 Å². The predicted molar refractivity (Wildman–Crippen MR) is 140 cm³/mol. The predicted octanol–water partition coefficient (Wildman–Crippen LogP) is 8.62. The standard InChI is InChI=1S/C32H36O/c1-3-5-6-25-9-15-28(16-10-25)29-17-11-26(12-18-29)7-8-27-13-19-30(20-14-27)31-21-23-32(24-22-31)33-4-2/h11-14,17-25,28H,3-6,9-10,15-16H2,1-2H3/t25-,28-. The van der Waals surface area contributed by atoms with E-state index >= 15 is 0 Å². The van der Waals surface area contributed by atoms with Crippen LogP contribution in [-0.2, 0) is 0 Å². The normalized spacial score (nSPS) is 17.8. The van der Waals surface area contributed by atoms with Crippen LogP contribution in [0.4, 0.5) is 0 Å². The van der Waals surface area contributed by atoms with Crippen molar-refractivity contribution in [1.82, 2.24) is 0 Å². The summed E-state index contributed by atoms with van der Waals surface area (Å²) in [5, 5.41) is 0. The average Bonchev–Trinajstić information content (AvgIpc) is 2.88. The Balaban J connectivity index is 1.34. The van der Waals surface area contributed by atoms with Crippen LogP contribution in [0.5, 0.6) is 5.75 Å². The van der Waals surface area contributed by atoms with Gasteiger partial charge in [0.2, 0.25) is 0 Å². The van der Waals surface area contributed by atoms with Crippen LogP contribution >= 0.6 is 0 Å². The molecule has 1 aliphatic carbocycles. The monoisotopic (exact) mass is 436 g/mol. The van der Waals surface area contributed by atoms with Crippen molar-refractivity contribution in [3.05, 3.63) is 89.5 Å². The second kappa shape index (κ2) is 11.8. The molecule has 1 fully saturated rings. The average molecular weight is 437 g/mol. The van der Waals surface area contributed by atoms with Gasteiger partial charge in [-0.2, -0.15) is 0 Å². The SMILES string of the molecule is CCCC[C@H]1CC[C@H](c2ccc(C#Cc3ccc(-c4ccc(OCC)cc4)cc3)cc2)CC1. The lowest BCUT2D eigenvalue weighted by atomic mass is 9.77. The van der Waals surface area contributed by atoms with E-state index in [1.54, 1.807) is 0 Å². The molecule has 0 atom stereocenters. The van der Waals surface area contributed by atoms with Crippen molar-refractivity contribution in [1.29, 1.82) is 0 Å². The first kappa shape index (κ1) is 23.2. The first-order valence-corrected chi connectivity index (χ1v) is 12.7. The molecular formula is C32H36O. The van der Waals surface area contributed by atoms with Crippen molar-refractivity contribution >= 4 is 0 Å². The molecule has 0 spiro atoms. The largest absolute Gasteiger partial charge is 0.494 e. The first-order chi connectivity index (χ1) is 16.2. The maximum Gasteiger partial charge on any atom is 0.119 e. The maximum absolute atomic E-state index is 5.53. The molecule has 33 heavy (non-hydrogen) atoms. The summed E-state index contributed by atoms with van der Waals surface area (Å²) in [6.07, 6.45) is 9.65. The third-order valence-electron chi connectivity index (χ3n) is 6.93. The maximum atomic E-state index is 5.53. The molecule has 170 valence electrons. The van der Waals surface area contributed by atoms with Crippen LogP contribution in [0.1, 0.15) is 81.4 Å². The molecule has 1 aliphatic rings. The molecule has 3 aromatic carbocycles. The Morgan fingerprint density at radius 3 is 1.79 bits per heavy atom. The summed E-state index contributed by atoms with van der Waals surface area (Å²) in [4.78, 5) is 0. The smallest absolute Gasteiger partial charge is 0.119 e. The van der Waals surface area contributed by atoms with Crippen LogP contribution in [-0.4, -0.2) is 6.61 Å². The Hall–Kier alpha value is -2.98. The third-order valence-corrected chi connectivity index (χ3v) is 6.93. The van der Waals surface area contributed by atoms with E-state index in [0.29, 0.717) is 6.61 Å². The quantitative estimate of drug-likeness (QED) is 0.337. The Morgan fingerprint density at radius 2 is 1.24 bits per heavy atom. The fourth-order valence-electron chi connectivity index (χ4n) is 4.92. The van der Waals surface area contributed by atoms with E-state index in [1.165, 1.54) is 61.6 Å². The zero-order chi connectivity index (χ0) is 22.9. The molecule has 1 heteroatoms. The van der Waals surface area contributed by atoms with Crippen LogP contribution in [0.15, 0.2) is 72.8 Å². The number of hydrogen-bond acceptors (Lipinski definition) is 1. The van der Waals surface area contributed by atoms with Gasteiger partial charge in [0.15, 0.2) is 0 Å². The van der Waals surface area contributed by atoms with Crippen molar-refractivity contribution in [3.63, 3.8) is 0 Å². The van der Waals surface area contributed by atoms with Gasteiger partial charge in [-0.3, -0.25) is 0 Å². The first-order valence-electron chi connectivity index (χ1n) is 12.7. The van der Waals surface area contributed by atoms with Crippen LogP contribution in [0, 0.1) is 17.8 Å². The zero-order valence-electron chi connectivity index (χ0n) is 20.1. The van der Waals surface area contributed by atoms with Crippen molar-refractivity contribution in [2.75, 3.05) is 6.61 Å². The number of rotatable bonds is 7. The van der Waals surface area contributed by atoms with E-state index in [4.69, 9.17) is 4.74 Å². The van der Waals surface area contributed by atoms with Gasteiger partial charge in [-0.05, 0) is 97.5 Å². The summed E-state index contributed by atoms with van der Waals surface area (Å²) >= 11 is 0. The number of unbranched alkanes of at least 4 members (excludes halogenated alkanes) is 1.